The summed E-state index contributed by atoms with van der Waals surface area (Å²) in [5.41, 5.74) is 1.39. The molecule has 16 heavy (non-hydrogen) atoms. The molecule has 0 aromatic heterocycles. The first kappa shape index (κ1) is 11.9. The zero-order chi connectivity index (χ0) is 11.5. The molecule has 1 aromatic rings. The molecule has 0 radical (unpaired) electrons. The molecule has 0 spiro atoms. The quantitative estimate of drug-likeness (QED) is 0.727. The number of rotatable bonds is 3. The predicted octanol–water partition coefficient (Wildman–Crippen LogP) is 3.52. The van der Waals surface area contributed by atoms with Gasteiger partial charge in [-0.25, -0.2) is 0 Å². The number of nitrogens with zero attached hydrogens (tertiary/aromatic N) is 1. The number of hydrogen-bond donors (Lipinski definition) is 0. The first-order valence-corrected chi connectivity index (χ1v) is 6.52. The lowest BCUT2D eigenvalue weighted by Gasteiger charge is -2.27. The highest BCUT2D eigenvalue weighted by atomic mass is 35.5. The van der Waals surface area contributed by atoms with Crippen LogP contribution in [0.3, 0.4) is 0 Å². The number of hydrogen-bond acceptors (Lipinski definition) is 1. The Labute approximate surface area is 103 Å². The van der Waals surface area contributed by atoms with E-state index >= 15 is 0 Å². The van der Waals surface area contributed by atoms with Gasteiger partial charge in [-0.15, -0.1) is 11.6 Å². The van der Waals surface area contributed by atoms with E-state index in [4.69, 9.17) is 11.6 Å². The zero-order valence-corrected chi connectivity index (χ0v) is 10.8. The number of likely N-dealkylation sites (tertiary alicyclic amines) is 1. The minimum absolute atomic E-state index is 0.330. The summed E-state index contributed by atoms with van der Waals surface area (Å²) in [6.07, 6.45) is 1.13. The van der Waals surface area contributed by atoms with Crippen molar-refractivity contribution in [1.29, 1.82) is 0 Å². The van der Waals surface area contributed by atoms with Gasteiger partial charge in [-0.3, -0.25) is 4.90 Å². The average molecular weight is 238 g/mol. The largest absolute Gasteiger partial charge is 0.294 e. The lowest BCUT2D eigenvalue weighted by atomic mass is 10.0. The SMILES string of the molecule is CC(C)[C@@H]1C[C@@H](Cl)CN1Cc1ccccc1. The zero-order valence-electron chi connectivity index (χ0n) is 10.1. The van der Waals surface area contributed by atoms with Crippen molar-refractivity contribution in [1.82, 2.24) is 4.90 Å². The molecule has 1 aliphatic rings. The van der Waals surface area contributed by atoms with Crippen LogP contribution < -0.4 is 0 Å². The van der Waals surface area contributed by atoms with Crippen LogP contribution in [0.1, 0.15) is 25.8 Å². The van der Waals surface area contributed by atoms with Gasteiger partial charge < -0.3 is 0 Å². The Balaban J connectivity index is 2.03. The average Bonchev–Trinajstić information content (AvgIpc) is 2.61. The third kappa shape index (κ3) is 2.78. The molecule has 0 saturated carbocycles. The van der Waals surface area contributed by atoms with Crippen LogP contribution in [0.25, 0.3) is 0 Å². The summed E-state index contributed by atoms with van der Waals surface area (Å²) >= 11 is 6.27. The Morgan fingerprint density at radius 2 is 2.00 bits per heavy atom. The molecular formula is C14H20ClN. The molecule has 1 aromatic carbocycles. The normalized spacial score (nSPS) is 26.5. The molecule has 0 unspecified atom stereocenters. The fourth-order valence-corrected chi connectivity index (χ4v) is 2.93. The Bertz CT molecular complexity index is 323. The fraction of sp³-hybridized carbons (Fsp3) is 0.571. The lowest BCUT2D eigenvalue weighted by molar-refractivity contribution is 0.199. The van der Waals surface area contributed by atoms with E-state index in [0.717, 1.165) is 19.5 Å². The molecule has 1 heterocycles. The summed E-state index contributed by atoms with van der Waals surface area (Å²) in [6, 6.07) is 11.3. The molecule has 0 amide bonds. The number of benzene rings is 1. The van der Waals surface area contributed by atoms with Crippen molar-refractivity contribution in [2.45, 2.75) is 38.2 Å². The summed E-state index contributed by atoms with van der Waals surface area (Å²) in [6.45, 7) is 6.64. The van der Waals surface area contributed by atoms with Crippen LogP contribution in [-0.2, 0) is 6.54 Å². The maximum Gasteiger partial charge on any atom is 0.0478 e. The van der Waals surface area contributed by atoms with Crippen molar-refractivity contribution in [3.05, 3.63) is 35.9 Å². The molecule has 1 fully saturated rings. The highest BCUT2D eigenvalue weighted by molar-refractivity contribution is 6.21. The van der Waals surface area contributed by atoms with Crippen molar-refractivity contribution in [3.8, 4) is 0 Å². The van der Waals surface area contributed by atoms with Gasteiger partial charge in [0.25, 0.3) is 0 Å². The van der Waals surface area contributed by atoms with Gasteiger partial charge in [0.2, 0.25) is 0 Å². The summed E-state index contributed by atoms with van der Waals surface area (Å²) in [5, 5.41) is 0.330. The maximum absolute atomic E-state index is 6.27. The van der Waals surface area contributed by atoms with Crippen molar-refractivity contribution < 1.29 is 0 Å². The Morgan fingerprint density at radius 1 is 1.31 bits per heavy atom. The molecule has 1 aliphatic heterocycles. The number of alkyl halides is 1. The molecule has 0 bridgehead atoms. The molecule has 1 saturated heterocycles. The molecule has 2 heteroatoms. The second-order valence-corrected chi connectivity index (χ2v) is 5.68. The van der Waals surface area contributed by atoms with Crippen molar-refractivity contribution in [2.24, 2.45) is 5.92 Å². The smallest absolute Gasteiger partial charge is 0.0478 e. The summed E-state index contributed by atoms with van der Waals surface area (Å²) in [5.74, 6) is 0.687. The van der Waals surface area contributed by atoms with Crippen LogP contribution in [0.2, 0.25) is 0 Å². The van der Waals surface area contributed by atoms with Crippen molar-refractivity contribution in [3.63, 3.8) is 0 Å². The van der Waals surface area contributed by atoms with Gasteiger partial charge in [0.05, 0.1) is 0 Å². The molecule has 0 N–H and O–H groups in total. The molecule has 88 valence electrons. The Hall–Kier alpha value is -0.530. The van der Waals surface area contributed by atoms with E-state index < -0.39 is 0 Å². The Kier molecular flexibility index (Phi) is 3.88. The van der Waals surface area contributed by atoms with Gasteiger partial charge in [-0.2, -0.15) is 0 Å². The van der Waals surface area contributed by atoms with Gasteiger partial charge in [0, 0.05) is 24.5 Å². The van der Waals surface area contributed by atoms with E-state index in [1.54, 1.807) is 0 Å². The van der Waals surface area contributed by atoms with E-state index in [9.17, 15) is 0 Å². The van der Waals surface area contributed by atoms with E-state index in [2.05, 4.69) is 49.1 Å². The van der Waals surface area contributed by atoms with Gasteiger partial charge in [0.1, 0.15) is 0 Å². The third-order valence-corrected chi connectivity index (χ3v) is 3.71. The van der Waals surface area contributed by atoms with E-state index in [-0.39, 0.29) is 0 Å². The number of halogens is 1. The Morgan fingerprint density at radius 3 is 2.62 bits per heavy atom. The van der Waals surface area contributed by atoms with Crippen LogP contribution >= 0.6 is 11.6 Å². The third-order valence-electron chi connectivity index (χ3n) is 3.40. The van der Waals surface area contributed by atoms with E-state index in [0.29, 0.717) is 17.3 Å². The molecular weight excluding hydrogens is 218 g/mol. The first-order valence-electron chi connectivity index (χ1n) is 6.09. The van der Waals surface area contributed by atoms with E-state index in [1.165, 1.54) is 5.56 Å². The second-order valence-electron chi connectivity index (χ2n) is 5.06. The molecule has 2 atom stereocenters. The van der Waals surface area contributed by atoms with Crippen molar-refractivity contribution in [2.75, 3.05) is 6.54 Å². The van der Waals surface area contributed by atoms with Gasteiger partial charge in [-0.05, 0) is 17.9 Å². The first-order chi connectivity index (χ1) is 7.66. The summed E-state index contributed by atoms with van der Waals surface area (Å²) in [7, 11) is 0. The van der Waals surface area contributed by atoms with Crippen LogP contribution in [0.5, 0.6) is 0 Å². The van der Waals surface area contributed by atoms with Crippen LogP contribution in [0.15, 0.2) is 30.3 Å². The van der Waals surface area contributed by atoms with Gasteiger partial charge in [0.15, 0.2) is 0 Å². The summed E-state index contributed by atoms with van der Waals surface area (Å²) in [4.78, 5) is 2.53. The summed E-state index contributed by atoms with van der Waals surface area (Å²) < 4.78 is 0. The highest BCUT2D eigenvalue weighted by Gasteiger charge is 2.32. The topological polar surface area (TPSA) is 3.24 Å². The van der Waals surface area contributed by atoms with Crippen LogP contribution in [0, 0.1) is 5.92 Å². The minimum atomic E-state index is 0.330. The molecule has 1 nitrogen and oxygen atoms in total. The predicted molar refractivity (Wildman–Crippen MR) is 69.7 cm³/mol. The van der Waals surface area contributed by atoms with Gasteiger partial charge >= 0.3 is 0 Å². The second kappa shape index (κ2) is 5.20. The molecule has 2 rings (SSSR count). The standard InChI is InChI=1S/C14H20ClN/c1-11(2)14-8-13(15)10-16(14)9-12-6-4-3-5-7-12/h3-7,11,13-14H,8-10H2,1-2H3/t13-,14+/m1/s1. The minimum Gasteiger partial charge on any atom is -0.294 e. The van der Waals surface area contributed by atoms with Crippen LogP contribution in [0.4, 0.5) is 0 Å². The van der Waals surface area contributed by atoms with Gasteiger partial charge in [-0.1, -0.05) is 44.2 Å². The lowest BCUT2D eigenvalue weighted by Crippen LogP contribution is -2.32. The molecule has 0 aliphatic carbocycles. The highest BCUT2D eigenvalue weighted by Crippen LogP contribution is 2.28. The fourth-order valence-electron chi connectivity index (χ4n) is 2.57. The maximum atomic E-state index is 6.27. The van der Waals surface area contributed by atoms with Crippen LogP contribution in [-0.4, -0.2) is 22.9 Å². The monoisotopic (exact) mass is 237 g/mol. The van der Waals surface area contributed by atoms with E-state index in [1.807, 2.05) is 0 Å². The van der Waals surface area contributed by atoms with Crippen molar-refractivity contribution >= 4 is 11.6 Å².